The van der Waals surface area contributed by atoms with Crippen LogP contribution < -0.4 is 0 Å². The van der Waals surface area contributed by atoms with Gasteiger partial charge in [-0.15, -0.1) is 0 Å². The highest BCUT2D eigenvalue weighted by atomic mass is 19.1. The lowest BCUT2D eigenvalue weighted by molar-refractivity contribution is -0.0257. The summed E-state index contributed by atoms with van der Waals surface area (Å²) in [6.45, 7) is 3.11. The topological polar surface area (TPSA) is 72.6 Å². The Kier molecular flexibility index (Phi) is 4.08. The van der Waals surface area contributed by atoms with Crippen LogP contribution in [0.3, 0.4) is 0 Å². The van der Waals surface area contributed by atoms with Gasteiger partial charge >= 0.3 is 0 Å². The number of amides is 1. The van der Waals surface area contributed by atoms with Crippen molar-refractivity contribution in [3.63, 3.8) is 0 Å². The van der Waals surface area contributed by atoms with E-state index in [1.165, 1.54) is 12.4 Å². The van der Waals surface area contributed by atoms with Crippen molar-refractivity contribution < 1.29 is 13.9 Å². The van der Waals surface area contributed by atoms with E-state index in [0.717, 1.165) is 29.8 Å². The van der Waals surface area contributed by atoms with Crippen molar-refractivity contribution in [2.75, 3.05) is 19.7 Å². The Labute approximate surface area is 161 Å². The van der Waals surface area contributed by atoms with Crippen molar-refractivity contribution >= 4 is 11.7 Å². The van der Waals surface area contributed by atoms with Crippen molar-refractivity contribution in [1.29, 1.82) is 0 Å². The molecule has 5 rings (SSSR count). The first kappa shape index (κ1) is 17.2. The van der Waals surface area contributed by atoms with Gasteiger partial charge in [0.05, 0.1) is 18.8 Å². The Morgan fingerprint density at radius 2 is 2.14 bits per heavy atom. The lowest BCUT2D eigenvalue weighted by Crippen LogP contribution is -2.42. The van der Waals surface area contributed by atoms with Crippen LogP contribution in [0.25, 0.3) is 5.78 Å². The zero-order valence-electron chi connectivity index (χ0n) is 15.5. The number of hydrogen-bond acceptors (Lipinski definition) is 5. The van der Waals surface area contributed by atoms with Crippen molar-refractivity contribution in [3.05, 3.63) is 58.9 Å². The largest absolute Gasteiger partial charge is 0.368 e. The third-order valence-electron chi connectivity index (χ3n) is 5.36. The summed E-state index contributed by atoms with van der Waals surface area (Å²) >= 11 is 0. The number of carbonyl (C=O) groups excluding carboxylic acids is 1. The number of aromatic nitrogens is 4. The molecule has 2 aromatic heterocycles. The van der Waals surface area contributed by atoms with E-state index in [-0.39, 0.29) is 17.8 Å². The second kappa shape index (κ2) is 6.63. The van der Waals surface area contributed by atoms with Crippen molar-refractivity contribution in [3.8, 4) is 0 Å². The summed E-state index contributed by atoms with van der Waals surface area (Å²) in [7, 11) is 0. The molecule has 0 spiro atoms. The minimum absolute atomic E-state index is 0.185. The molecule has 144 valence electrons. The molecule has 1 atom stereocenters. The van der Waals surface area contributed by atoms with E-state index in [2.05, 4.69) is 15.1 Å². The molecule has 3 heterocycles. The Morgan fingerprint density at radius 1 is 1.29 bits per heavy atom. The van der Waals surface area contributed by atoms with Crippen LogP contribution in [0.15, 0.2) is 30.6 Å². The number of carbonyl (C=O) groups is 1. The van der Waals surface area contributed by atoms with Crippen LogP contribution in [0, 0.1) is 12.7 Å². The van der Waals surface area contributed by atoms with Gasteiger partial charge in [-0.3, -0.25) is 4.79 Å². The summed E-state index contributed by atoms with van der Waals surface area (Å²) in [6, 6.07) is 6.75. The summed E-state index contributed by atoms with van der Waals surface area (Å²) < 4.78 is 21.9. The second-order valence-corrected chi connectivity index (χ2v) is 7.42. The predicted molar refractivity (Wildman–Crippen MR) is 98.5 cm³/mol. The Bertz CT molecular complexity index is 1060. The quantitative estimate of drug-likeness (QED) is 0.697. The number of ether oxygens (including phenoxy) is 1. The van der Waals surface area contributed by atoms with Gasteiger partial charge in [-0.05, 0) is 49.4 Å². The Balaban J connectivity index is 1.40. The summed E-state index contributed by atoms with van der Waals surface area (Å²) in [6.07, 6.45) is 3.15. The highest BCUT2D eigenvalue weighted by molar-refractivity contribution is 5.94. The number of morpholine rings is 1. The highest BCUT2D eigenvalue weighted by Crippen LogP contribution is 2.41. The van der Waals surface area contributed by atoms with Gasteiger partial charge in [0.15, 0.2) is 0 Å². The van der Waals surface area contributed by atoms with Crippen LogP contribution in [-0.2, 0) is 4.74 Å². The number of hydrogen-bond donors (Lipinski definition) is 0. The molecule has 1 aliphatic carbocycles. The number of fused-ring (bicyclic) bond motifs is 1. The molecular weight excluding hydrogens is 361 g/mol. The molecule has 2 aliphatic rings. The highest BCUT2D eigenvalue weighted by Gasteiger charge is 2.30. The summed E-state index contributed by atoms with van der Waals surface area (Å²) in [5, 5.41) is 4.22. The van der Waals surface area contributed by atoms with Gasteiger partial charge in [0, 0.05) is 17.8 Å². The maximum atomic E-state index is 14.4. The van der Waals surface area contributed by atoms with E-state index < -0.39 is 0 Å². The second-order valence-electron chi connectivity index (χ2n) is 7.42. The molecule has 3 aromatic rings. The van der Waals surface area contributed by atoms with E-state index in [9.17, 15) is 9.18 Å². The SMILES string of the molecule is Cc1cc([C@@H]2CN(C(=O)c3ccc(C4CC4)c(F)c3)CCO2)n2ncnc2n1. The lowest BCUT2D eigenvalue weighted by Gasteiger charge is -2.33. The molecule has 1 aromatic carbocycles. The third kappa shape index (κ3) is 3.03. The van der Waals surface area contributed by atoms with E-state index in [1.54, 1.807) is 21.5 Å². The first-order valence-corrected chi connectivity index (χ1v) is 9.48. The molecule has 0 radical (unpaired) electrons. The van der Waals surface area contributed by atoms with Gasteiger partial charge < -0.3 is 9.64 Å². The molecule has 28 heavy (non-hydrogen) atoms. The van der Waals surface area contributed by atoms with Gasteiger partial charge in [-0.2, -0.15) is 14.6 Å². The van der Waals surface area contributed by atoms with Gasteiger partial charge in [0.2, 0.25) is 0 Å². The first-order chi connectivity index (χ1) is 13.6. The molecule has 8 heteroatoms. The van der Waals surface area contributed by atoms with E-state index in [1.807, 2.05) is 13.0 Å². The molecule has 0 N–H and O–H groups in total. The van der Waals surface area contributed by atoms with Gasteiger partial charge in [0.25, 0.3) is 11.7 Å². The zero-order valence-corrected chi connectivity index (χ0v) is 15.5. The smallest absolute Gasteiger partial charge is 0.254 e. The summed E-state index contributed by atoms with van der Waals surface area (Å²) in [5.74, 6) is 0.346. The van der Waals surface area contributed by atoms with Crippen molar-refractivity contribution in [2.24, 2.45) is 0 Å². The molecule has 1 saturated heterocycles. The Hall–Kier alpha value is -2.87. The van der Waals surface area contributed by atoms with Crippen LogP contribution >= 0.6 is 0 Å². The van der Waals surface area contributed by atoms with E-state index in [4.69, 9.17) is 4.74 Å². The molecule has 2 fully saturated rings. The fourth-order valence-electron chi connectivity index (χ4n) is 3.77. The number of aryl methyl sites for hydroxylation is 1. The molecule has 1 amide bonds. The number of rotatable bonds is 3. The fraction of sp³-hybridized carbons (Fsp3) is 0.400. The average Bonchev–Trinajstić information content (AvgIpc) is 3.44. The Morgan fingerprint density at radius 3 is 2.93 bits per heavy atom. The average molecular weight is 381 g/mol. The van der Waals surface area contributed by atoms with Crippen LogP contribution in [0.4, 0.5) is 4.39 Å². The van der Waals surface area contributed by atoms with Gasteiger partial charge in [-0.25, -0.2) is 9.37 Å². The van der Waals surface area contributed by atoms with Crippen LogP contribution in [0.1, 0.15) is 52.2 Å². The normalized spacial score (nSPS) is 19.9. The zero-order chi connectivity index (χ0) is 19.3. The lowest BCUT2D eigenvalue weighted by atomic mass is 10.1. The molecular formula is C20H20FN5O2. The van der Waals surface area contributed by atoms with Crippen LogP contribution in [-0.4, -0.2) is 50.1 Å². The standard InChI is InChI=1S/C20H20FN5O2/c1-12-8-17(26-20(24-12)22-11-23-26)18-10-25(6-7-28-18)19(27)14-4-5-15(13-2-3-13)16(21)9-14/h4-5,8-9,11,13,18H,2-3,6-7,10H2,1H3/t18-/m0/s1. The first-order valence-electron chi connectivity index (χ1n) is 9.48. The van der Waals surface area contributed by atoms with Crippen LogP contribution in [0.5, 0.6) is 0 Å². The van der Waals surface area contributed by atoms with Crippen molar-refractivity contribution in [2.45, 2.75) is 31.8 Å². The minimum Gasteiger partial charge on any atom is -0.368 e. The molecule has 0 bridgehead atoms. The molecule has 1 aliphatic heterocycles. The van der Waals surface area contributed by atoms with Crippen molar-refractivity contribution in [1.82, 2.24) is 24.5 Å². The van der Waals surface area contributed by atoms with Gasteiger partial charge in [0.1, 0.15) is 18.2 Å². The maximum Gasteiger partial charge on any atom is 0.254 e. The predicted octanol–water partition coefficient (Wildman–Crippen LogP) is 2.66. The summed E-state index contributed by atoms with van der Waals surface area (Å²) in [5.41, 5.74) is 2.70. The minimum atomic E-state index is -0.348. The maximum absolute atomic E-state index is 14.4. The fourth-order valence-corrected chi connectivity index (χ4v) is 3.77. The number of benzene rings is 1. The molecule has 1 saturated carbocycles. The molecule has 0 unspecified atom stereocenters. The van der Waals surface area contributed by atoms with E-state index >= 15 is 0 Å². The molecule has 7 nitrogen and oxygen atoms in total. The van der Waals surface area contributed by atoms with E-state index in [0.29, 0.717) is 37.0 Å². The monoisotopic (exact) mass is 381 g/mol. The van der Waals surface area contributed by atoms with Gasteiger partial charge in [-0.1, -0.05) is 6.07 Å². The third-order valence-corrected chi connectivity index (χ3v) is 5.36. The number of halogens is 1. The number of nitrogens with zero attached hydrogens (tertiary/aromatic N) is 5. The summed E-state index contributed by atoms with van der Waals surface area (Å²) in [4.78, 5) is 23.1. The van der Waals surface area contributed by atoms with Crippen LogP contribution in [0.2, 0.25) is 0 Å².